The maximum Gasteiger partial charge on any atom is 1.00 e. The molecule has 3 N–H and O–H groups in total. The molecule has 1 aromatic carbocycles. The Morgan fingerprint density at radius 2 is 1.84 bits per heavy atom. The van der Waals surface area contributed by atoms with E-state index in [1.54, 1.807) is 29.8 Å². The quantitative estimate of drug-likeness (QED) is 0.410. The summed E-state index contributed by atoms with van der Waals surface area (Å²) in [5.74, 6) is 0. The molecular weight excluding hydrogens is 431 g/mol. The minimum atomic E-state index is -1.23. The van der Waals surface area contributed by atoms with Gasteiger partial charge >= 0.3 is 29.6 Å². The second-order valence-electron chi connectivity index (χ2n) is 7.26. The molecule has 0 saturated carbocycles. The minimum Gasteiger partial charge on any atom is -0.870 e. The van der Waals surface area contributed by atoms with Gasteiger partial charge in [-0.3, -0.25) is 4.98 Å². The third-order valence-electron chi connectivity index (χ3n) is 5.49. The maximum absolute atomic E-state index is 11.4. The Labute approximate surface area is 210 Å². The predicted octanol–water partition coefficient (Wildman–Crippen LogP) is 1.84. The molecule has 6 nitrogen and oxygen atoms in total. The zero-order valence-corrected chi connectivity index (χ0v) is 20.0. The fraction of sp³-hybridized carbons (Fsp3) is 0.0417. The van der Waals surface area contributed by atoms with Crippen molar-refractivity contribution in [2.24, 2.45) is 0 Å². The van der Waals surface area contributed by atoms with Crippen molar-refractivity contribution < 1.29 is 40.1 Å². The normalized spacial score (nSPS) is 16.4. The fourth-order valence-electron chi connectivity index (χ4n) is 3.97. The number of benzene rings is 1. The van der Waals surface area contributed by atoms with Crippen molar-refractivity contribution in [1.82, 2.24) is 19.9 Å². The monoisotopic (exact) mass is 448 g/mol. The molecule has 152 valence electrons. The molecular formula is C24H17N4NaO2S. The number of hydrogen-bond donors (Lipinski definition) is 2. The molecule has 0 radical (unpaired) electrons. The van der Waals surface area contributed by atoms with Crippen LogP contribution in [0.1, 0.15) is 16.8 Å². The topological polar surface area (TPSA) is 105 Å². The van der Waals surface area contributed by atoms with Gasteiger partial charge in [-0.15, -0.1) is 11.3 Å². The number of aromatic nitrogens is 4. The molecule has 0 fully saturated rings. The number of hydrogen-bond acceptors (Lipinski definition) is 6. The number of pyridine rings is 2. The molecule has 0 bridgehead atoms. The summed E-state index contributed by atoms with van der Waals surface area (Å²) in [6.07, 6.45) is 9.15. The van der Waals surface area contributed by atoms with Crippen molar-refractivity contribution in [2.75, 3.05) is 0 Å². The van der Waals surface area contributed by atoms with Gasteiger partial charge in [0.1, 0.15) is 10.7 Å². The van der Waals surface area contributed by atoms with Crippen molar-refractivity contribution in [2.45, 2.75) is 5.60 Å². The number of fused-ring (bicyclic) bond motifs is 2. The molecule has 8 heteroatoms. The molecule has 0 aliphatic heterocycles. The van der Waals surface area contributed by atoms with Crippen molar-refractivity contribution in [3.8, 4) is 21.8 Å². The zero-order valence-electron chi connectivity index (χ0n) is 17.2. The first-order valence-corrected chi connectivity index (χ1v) is 10.5. The van der Waals surface area contributed by atoms with Crippen LogP contribution >= 0.6 is 11.3 Å². The molecule has 4 heterocycles. The van der Waals surface area contributed by atoms with Crippen LogP contribution in [0, 0.1) is 0 Å². The summed E-state index contributed by atoms with van der Waals surface area (Å²) in [4.78, 5) is 16.8. The summed E-state index contributed by atoms with van der Waals surface area (Å²) in [5, 5.41) is 15.4. The summed E-state index contributed by atoms with van der Waals surface area (Å²) in [6, 6.07) is 15.7. The summed E-state index contributed by atoms with van der Waals surface area (Å²) < 4.78 is 0. The second-order valence-corrected chi connectivity index (χ2v) is 8.12. The molecule has 0 saturated heterocycles. The molecule has 6 rings (SSSR count). The van der Waals surface area contributed by atoms with Crippen LogP contribution in [0.4, 0.5) is 0 Å². The van der Waals surface area contributed by atoms with Crippen molar-refractivity contribution in [3.63, 3.8) is 0 Å². The number of thiazole rings is 1. The maximum atomic E-state index is 11.4. The van der Waals surface area contributed by atoms with Crippen LogP contribution in [-0.4, -0.2) is 30.5 Å². The molecule has 1 atom stereocenters. The first-order valence-electron chi connectivity index (χ1n) is 9.58. The molecule has 4 aromatic heterocycles. The van der Waals surface area contributed by atoms with Crippen LogP contribution < -0.4 is 29.6 Å². The van der Waals surface area contributed by atoms with E-state index in [2.05, 4.69) is 15.0 Å². The number of H-pyrrole nitrogens is 1. The van der Waals surface area contributed by atoms with E-state index in [4.69, 9.17) is 4.98 Å². The standard InChI is InChI=1S/C24H16N4OS.Na.H2O/c29-24(9-8-15-5-2-10-25-21(15)24)17-6-1-4-16(12-17)20-14-30-23(28-20)19-13-27-22-18(19)7-3-11-26-22;;/h1-14,29H,(H,26,27);;1H2/q;+1;/p-1/t24-;;/m1../s1. The van der Waals surface area contributed by atoms with Crippen LogP contribution in [0.25, 0.3) is 38.9 Å². The van der Waals surface area contributed by atoms with E-state index >= 15 is 0 Å². The van der Waals surface area contributed by atoms with Crippen LogP contribution in [0.15, 0.2) is 78.6 Å². The van der Waals surface area contributed by atoms with Gasteiger partial charge in [0.25, 0.3) is 0 Å². The van der Waals surface area contributed by atoms with Crippen LogP contribution in [-0.2, 0) is 5.60 Å². The Hall–Kier alpha value is -2.65. The average Bonchev–Trinajstić information content (AvgIpc) is 3.52. The molecule has 32 heavy (non-hydrogen) atoms. The van der Waals surface area contributed by atoms with E-state index in [1.165, 1.54) is 0 Å². The van der Waals surface area contributed by atoms with Crippen molar-refractivity contribution in [3.05, 3.63) is 95.4 Å². The van der Waals surface area contributed by atoms with Gasteiger partial charge < -0.3 is 15.6 Å². The van der Waals surface area contributed by atoms with Gasteiger partial charge in [0, 0.05) is 40.5 Å². The van der Waals surface area contributed by atoms with Gasteiger partial charge in [0.2, 0.25) is 0 Å². The average molecular weight is 448 g/mol. The van der Waals surface area contributed by atoms with Gasteiger partial charge in [-0.25, -0.2) is 9.97 Å². The van der Waals surface area contributed by atoms with E-state index in [0.29, 0.717) is 5.69 Å². The van der Waals surface area contributed by atoms with Crippen LogP contribution in [0.2, 0.25) is 0 Å². The molecule has 5 aromatic rings. The molecule has 0 unspecified atom stereocenters. The first kappa shape index (κ1) is 22.5. The summed E-state index contributed by atoms with van der Waals surface area (Å²) in [5.41, 5.74) is 4.88. The van der Waals surface area contributed by atoms with Crippen LogP contribution in [0.5, 0.6) is 0 Å². The largest absolute Gasteiger partial charge is 1.00 e. The minimum absolute atomic E-state index is 0. The number of nitrogens with zero attached hydrogens (tertiary/aromatic N) is 3. The smallest absolute Gasteiger partial charge is 0.870 e. The summed E-state index contributed by atoms with van der Waals surface area (Å²) >= 11 is 1.60. The SMILES string of the molecule is O[C@@]1(c2cccc(-c3csc(-c4c[nH]c5ncccc45)n3)c2)C=Cc2cccnc21.[Na+].[OH-]. The van der Waals surface area contributed by atoms with E-state index in [9.17, 15) is 5.11 Å². The molecule has 0 amide bonds. The Bertz CT molecular complexity index is 1440. The Kier molecular flexibility index (Phi) is 6.13. The third-order valence-corrected chi connectivity index (χ3v) is 6.36. The third kappa shape index (κ3) is 3.53. The fourth-order valence-corrected chi connectivity index (χ4v) is 4.83. The Balaban J connectivity index is 0.00000122. The molecule has 1 aliphatic carbocycles. The van der Waals surface area contributed by atoms with E-state index in [0.717, 1.165) is 44.0 Å². The number of aromatic amines is 1. The first-order chi connectivity index (χ1) is 14.7. The van der Waals surface area contributed by atoms with Gasteiger partial charge in [-0.05, 0) is 41.5 Å². The van der Waals surface area contributed by atoms with Gasteiger partial charge in [0.05, 0.1) is 11.4 Å². The molecule has 0 spiro atoms. The number of rotatable bonds is 3. The Morgan fingerprint density at radius 1 is 1.00 bits per heavy atom. The van der Waals surface area contributed by atoms with Crippen molar-refractivity contribution in [1.29, 1.82) is 0 Å². The zero-order chi connectivity index (χ0) is 20.1. The summed E-state index contributed by atoms with van der Waals surface area (Å²) in [6.45, 7) is 0. The number of nitrogens with one attached hydrogen (secondary N) is 1. The summed E-state index contributed by atoms with van der Waals surface area (Å²) in [7, 11) is 0. The predicted molar refractivity (Wildman–Crippen MR) is 121 cm³/mol. The molecule has 1 aliphatic rings. The van der Waals surface area contributed by atoms with E-state index < -0.39 is 5.60 Å². The van der Waals surface area contributed by atoms with Gasteiger partial charge in [-0.2, -0.15) is 0 Å². The van der Waals surface area contributed by atoms with Crippen LogP contribution in [0.3, 0.4) is 0 Å². The second kappa shape index (κ2) is 8.71. The number of aliphatic hydroxyl groups is 1. The Morgan fingerprint density at radius 3 is 2.75 bits per heavy atom. The van der Waals surface area contributed by atoms with Crippen molar-refractivity contribution >= 4 is 28.4 Å². The van der Waals surface area contributed by atoms with Gasteiger partial charge in [-0.1, -0.05) is 30.3 Å². The van der Waals surface area contributed by atoms with Gasteiger partial charge in [0.15, 0.2) is 5.60 Å². The van der Waals surface area contributed by atoms with E-state index in [1.807, 2.05) is 66.2 Å². The van der Waals surface area contributed by atoms with E-state index in [-0.39, 0.29) is 35.0 Å².